The zero-order chi connectivity index (χ0) is 15.1. The highest BCUT2D eigenvalue weighted by Gasteiger charge is 2.61. The number of rotatable bonds is 4. The van der Waals surface area contributed by atoms with Crippen LogP contribution in [-0.2, 0) is 9.59 Å². The van der Waals surface area contributed by atoms with Crippen molar-refractivity contribution in [3.8, 4) is 0 Å². The molecule has 0 heterocycles. The van der Waals surface area contributed by atoms with Crippen LogP contribution in [0.15, 0.2) is 0 Å². The second-order valence-corrected chi connectivity index (χ2v) is 4.32. The summed E-state index contributed by atoms with van der Waals surface area (Å²) in [5.74, 6) is -7.79. The summed E-state index contributed by atoms with van der Waals surface area (Å²) >= 11 is 0. The highest BCUT2D eigenvalue weighted by atomic mass is 19.4. The molecule has 0 atom stereocenters. The molecule has 1 aliphatic carbocycles. The number of hydrogen-bond acceptors (Lipinski definition) is 2. The van der Waals surface area contributed by atoms with Gasteiger partial charge in [0.15, 0.2) is 0 Å². The van der Waals surface area contributed by atoms with Crippen LogP contribution in [0.5, 0.6) is 0 Å². The van der Waals surface area contributed by atoms with Gasteiger partial charge in [-0.05, 0) is 12.8 Å². The number of halogens is 6. The number of carboxylic acids is 1. The summed E-state index contributed by atoms with van der Waals surface area (Å²) in [4.78, 5) is 21.7. The first-order valence-corrected chi connectivity index (χ1v) is 5.05. The lowest BCUT2D eigenvalue weighted by Gasteiger charge is -2.22. The minimum Gasteiger partial charge on any atom is -0.481 e. The van der Waals surface area contributed by atoms with Crippen molar-refractivity contribution in [3.05, 3.63) is 0 Å². The molecule has 4 nitrogen and oxygen atoms in total. The number of aliphatic carboxylic acids is 1. The number of nitrogens with one attached hydrogen (secondary N) is 1. The third-order valence-corrected chi connectivity index (χ3v) is 2.83. The molecular weight excluding hydrogens is 284 g/mol. The summed E-state index contributed by atoms with van der Waals surface area (Å²) in [7, 11) is 0. The SMILES string of the molecule is O=C(NCC1(C(=O)O)CC1)C(C(F)(F)F)C(F)(F)F. The van der Waals surface area contributed by atoms with Gasteiger partial charge in [-0.15, -0.1) is 0 Å². The molecule has 0 aromatic rings. The lowest BCUT2D eigenvalue weighted by molar-refractivity contribution is -0.274. The van der Waals surface area contributed by atoms with Gasteiger partial charge >= 0.3 is 18.3 Å². The number of carbonyl (C=O) groups is 2. The van der Waals surface area contributed by atoms with Gasteiger partial charge in [0.05, 0.1) is 5.41 Å². The average Bonchev–Trinajstić information content (AvgIpc) is 2.90. The minimum absolute atomic E-state index is 0.102. The number of hydrogen-bond donors (Lipinski definition) is 2. The fraction of sp³-hybridized carbons (Fsp3) is 0.778. The summed E-state index contributed by atoms with van der Waals surface area (Å²) in [5, 5.41) is 10.1. The van der Waals surface area contributed by atoms with Crippen molar-refractivity contribution in [2.24, 2.45) is 11.3 Å². The molecule has 0 bridgehead atoms. The third kappa shape index (κ3) is 3.51. The Morgan fingerprint density at radius 3 is 1.79 bits per heavy atom. The molecule has 19 heavy (non-hydrogen) atoms. The average molecular weight is 293 g/mol. The Kier molecular flexibility index (Phi) is 3.74. The molecule has 0 radical (unpaired) electrons. The number of amides is 1. The highest BCUT2D eigenvalue weighted by molar-refractivity contribution is 5.83. The van der Waals surface area contributed by atoms with E-state index in [2.05, 4.69) is 0 Å². The predicted octanol–water partition coefficient (Wildman–Crippen LogP) is 1.71. The van der Waals surface area contributed by atoms with Crippen molar-refractivity contribution in [1.82, 2.24) is 5.32 Å². The van der Waals surface area contributed by atoms with Crippen molar-refractivity contribution in [1.29, 1.82) is 0 Å². The van der Waals surface area contributed by atoms with Gasteiger partial charge in [0.2, 0.25) is 11.8 Å². The van der Waals surface area contributed by atoms with Crippen molar-refractivity contribution < 1.29 is 41.0 Å². The molecule has 0 aliphatic heterocycles. The molecule has 0 unspecified atom stereocenters. The zero-order valence-corrected chi connectivity index (χ0v) is 9.23. The van der Waals surface area contributed by atoms with Crippen LogP contribution in [0.4, 0.5) is 26.3 Å². The second kappa shape index (κ2) is 4.57. The summed E-state index contributed by atoms with van der Waals surface area (Å²) in [6, 6.07) is 0. The zero-order valence-electron chi connectivity index (χ0n) is 9.23. The maximum absolute atomic E-state index is 12.2. The fourth-order valence-electron chi connectivity index (χ4n) is 1.46. The first-order chi connectivity index (χ1) is 8.40. The molecule has 1 amide bonds. The Balaban J connectivity index is 2.72. The van der Waals surface area contributed by atoms with Gasteiger partial charge in [-0.1, -0.05) is 0 Å². The van der Waals surface area contributed by atoms with Gasteiger partial charge in [0, 0.05) is 6.54 Å². The van der Waals surface area contributed by atoms with E-state index in [9.17, 15) is 35.9 Å². The van der Waals surface area contributed by atoms with E-state index < -0.39 is 42.1 Å². The monoisotopic (exact) mass is 293 g/mol. The Morgan fingerprint density at radius 1 is 1.11 bits per heavy atom. The number of alkyl halides is 6. The van der Waals surface area contributed by atoms with E-state index in [0.717, 1.165) is 0 Å². The highest BCUT2D eigenvalue weighted by Crippen LogP contribution is 2.45. The molecule has 0 aromatic carbocycles. The van der Waals surface area contributed by atoms with E-state index in [-0.39, 0.29) is 12.8 Å². The topological polar surface area (TPSA) is 66.4 Å². The van der Waals surface area contributed by atoms with Gasteiger partial charge in [-0.2, -0.15) is 26.3 Å². The third-order valence-electron chi connectivity index (χ3n) is 2.83. The first kappa shape index (κ1) is 15.6. The van der Waals surface area contributed by atoms with Gasteiger partial charge in [-0.25, -0.2) is 0 Å². The van der Waals surface area contributed by atoms with E-state index in [1.165, 1.54) is 5.32 Å². The molecule has 10 heteroatoms. The molecule has 1 rings (SSSR count). The standard InChI is InChI=1S/C9H9F6NO3/c10-8(11,12)4(9(13,14)15)5(17)16-3-7(1-2-7)6(18)19/h4H,1-3H2,(H,16,17)(H,18,19). The number of carbonyl (C=O) groups excluding carboxylic acids is 1. The summed E-state index contributed by atoms with van der Waals surface area (Å²) in [6.07, 6.45) is -11.3. The lowest BCUT2D eigenvalue weighted by Crippen LogP contribution is -2.49. The van der Waals surface area contributed by atoms with E-state index in [0.29, 0.717) is 0 Å². The predicted molar refractivity (Wildman–Crippen MR) is 47.9 cm³/mol. The molecule has 1 fully saturated rings. The molecule has 0 saturated heterocycles. The second-order valence-electron chi connectivity index (χ2n) is 4.32. The van der Waals surface area contributed by atoms with E-state index in [1.54, 1.807) is 0 Å². The molecule has 1 aliphatic rings. The van der Waals surface area contributed by atoms with Crippen molar-refractivity contribution in [2.75, 3.05) is 6.54 Å². The van der Waals surface area contributed by atoms with Crippen molar-refractivity contribution in [3.63, 3.8) is 0 Å². The van der Waals surface area contributed by atoms with E-state index in [4.69, 9.17) is 5.11 Å². The molecule has 110 valence electrons. The van der Waals surface area contributed by atoms with Gasteiger partial charge in [0.25, 0.3) is 0 Å². The quantitative estimate of drug-likeness (QED) is 0.775. The van der Waals surface area contributed by atoms with Crippen LogP contribution < -0.4 is 5.32 Å². The van der Waals surface area contributed by atoms with Crippen LogP contribution in [0.2, 0.25) is 0 Å². The van der Waals surface area contributed by atoms with Crippen LogP contribution in [0, 0.1) is 11.3 Å². The van der Waals surface area contributed by atoms with Gasteiger partial charge < -0.3 is 10.4 Å². The largest absolute Gasteiger partial charge is 0.481 e. The Labute approximate surface area is 102 Å². The maximum atomic E-state index is 12.2. The van der Waals surface area contributed by atoms with Gasteiger partial charge in [0.1, 0.15) is 0 Å². The Morgan fingerprint density at radius 2 is 1.53 bits per heavy atom. The summed E-state index contributed by atoms with van der Waals surface area (Å²) in [5.41, 5.74) is -1.43. The first-order valence-electron chi connectivity index (χ1n) is 5.05. The van der Waals surface area contributed by atoms with E-state index >= 15 is 0 Å². The summed E-state index contributed by atoms with van der Waals surface area (Å²) < 4.78 is 73.0. The molecule has 1 saturated carbocycles. The normalized spacial score (nSPS) is 18.3. The Hall–Kier alpha value is -1.48. The molecule has 2 N–H and O–H groups in total. The van der Waals surface area contributed by atoms with Crippen LogP contribution >= 0.6 is 0 Å². The summed E-state index contributed by atoms with van der Waals surface area (Å²) in [6.45, 7) is -0.746. The van der Waals surface area contributed by atoms with Crippen LogP contribution in [0.1, 0.15) is 12.8 Å². The van der Waals surface area contributed by atoms with Gasteiger partial charge in [-0.3, -0.25) is 9.59 Å². The van der Waals surface area contributed by atoms with E-state index in [1.807, 2.05) is 0 Å². The molecular formula is C9H9F6NO3. The van der Waals surface area contributed by atoms with Crippen LogP contribution in [0.25, 0.3) is 0 Å². The minimum atomic E-state index is -5.78. The molecule has 0 spiro atoms. The number of carboxylic acid groups (broad SMARTS) is 1. The molecule has 0 aromatic heterocycles. The fourth-order valence-corrected chi connectivity index (χ4v) is 1.46. The van der Waals surface area contributed by atoms with Crippen LogP contribution in [0.3, 0.4) is 0 Å². The lowest BCUT2D eigenvalue weighted by atomic mass is 10.1. The van der Waals surface area contributed by atoms with Crippen LogP contribution in [-0.4, -0.2) is 35.9 Å². The van der Waals surface area contributed by atoms with Crippen molar-refractivity contribution >= 4 is 11.9 Å². The van der Waals surface area contributed by atoms with Crippen molar-refractivity contribution in [2.45, 2.75) is 25.2 Å². The Bertz CT molecular complexity index is 370. The maximum Gasteiger partial charge on any atom is 0.409 e. The smallest absolute Gasteiger partial charge is 0.409 e.